The number of aliphatic hydroxyl groups excluding tert-OH is 1. The van der Waals surface area contributed by atoms with Crippen LogP contribution in [0.4, 0.5) is 20.2 Å². The van der Waals surface area contributed by atoms with Gasteiger partial charge in [-0.25, -0.2) is 8.78 Å². The number of nitrogens with zero attached hydrogens (tertiary/aromatic N) is 1. The Morgan fingerprint density at radius 3 is 2.48 bits per heavy atom. The van der Waals surface area contributed by atoms with Gasteiger partial charge in [0.2, 0.25) is 0 Å². The van der Waals surface area contributed by atoms with Gasteiger partial charge < -0.3 is 20.1 Å². The van der Waals surface area contributed by atoms with Gasteiger partial charge in [-0.1, -0.05) is 6.07 Å². The Morgan fingerprint density at radius 1 is 1.00 bits per heavy atom. The summed E-state index contributed by atoms with van der Waals surface area (Å²) in [5.74, 6) is -0.229. The van der Waals surface area contributed by atoms with Crippen molar-refractivity contribution in [3.8, 4) is 0 Å². The summed E-state index contributed by atoms with van der Waals surface area (Å²) in [6.07, 6.45) is 2.02. The van der Waals surface area contributed by atoms with Crippen molar-refractivity contribution in [1.82, 2.24) is 0 Å². The number of anilines is 2. The quantitative estimate of drug-likeness (QED) is 0.792. The SMILES string of the molecule is O[C@@H]1CCN(c2ccc(F)cc2)C[C@H]1[C@H](Nc1cccc(F)c1)C1CCOCC1. The van der Waals surface area contributed by atoms with Gasteiger partial charge in [0, 0.05) is 49.6 Å². The highest BCUT2D eigenvalue weighted by Crippen LogP contribution is 2.33. The van der Waals surface area contributed by atoms with Crippen LogP contribution in [-0.2, 0) is 4.74 Å². The van der Waals surface area contributed by atoms with Crippen molar-refractivity contribution >= 4 is 11.4 Å². The van der Waals surface area contributed by atoms with Crippen molar-refractivity contribution in [2.75, 3.05) is 36.5 Å². The zero-order chi connectivity index (χ0) is 20.2. The molecule has 2 aliphatic heterocycles. The van der Waals surface area contributed by atoms with Crippen LogP contribution in [0.5, 0.6) is 0 Å². The van der Waals surface area contributed by atoms with Crippen LogP contribution in [-0.4, -0.2) is 43.6 Å². The maximum absolute atomic E-state index is 13.7. The largest absolute Gasteiger partial charge is 0.393 e. The predicted octanol–water partition coefficient (Wildman–Crippen LogP) is 4.06. The number of benzene rings is 2. The van der Waals surface area contributed by atoms with E-state index in [0.717, 1.165) is 30.8 Å². The van der Waals surface area contributed by atoms with Crippen molar-refractivity contribution in [3.63, 3.8) is 0 Å². The Morgan fingerprint density at radius 2 is 1.76 bits per heavy atom. The number of piperidine rings is 1. The van der Waals surface area contributed by atoms with E-state index in [-0.39, 0.29) is 23.6 Å². The van der Waals surface area contributed by atoms with Gasteiger partial charge in [0.1, 0.15) is 11.6 Å². The van der Waals surface area contributed by atoms with Gasteiger partial charge in [-0.15, -0.1) is 0 Å². The van der Waals surface area contributed by atoms with Gasteiger partial charge in [0.05, 0.1) is 6.10 Å². The fraction of sp³-hybridized carbons (Fsp3) is 0.478. The lowest BCUT2D eigenvalue weighted by Crippen LogP contribution is -2.53. The third-order valence-corrected chi connectivity index (χ3v) is 6.21. The first-order chi connectivity index (χ1) is 14.1. The molecule has 6 heteroatoms. The minimum atomic E-state index is -0.444. The molecule has 4 nitrogen and oxygen atoms in total. The molecule has 0 unspecified atom stereocenters. The zero-order valence-corrected chi connectivity index (χ0v) is 16.4. The molecule has 2 fully saturated rings. The molecule has 3 atom stereocenters. The van der Waals surface area contributed by atoms with E-state index in [2.05, 4.69) is 10.2 Å². The number of aliphatic hydroxyl groups is 1. The number of ether oxygens (including phenoxy) is 1. The summed E-state index contributed by atoms with van der Waals surface area (Å²) in [6.45, 7) is 2.80. The van der Waals surface area contributed by atoms with E-state index < -0.39 is 6.10 Å². The Balaban J connectivity index is 1.57. The zero-order valence-electron chi connectivity index (χ0n) is 16.4. The Bertz CT molecular complexity index is 796. The number of rotatable bonds is 5. The summed E-state index contributed by atoms with van der Waals surface area (Å²) in [5, 5.41) is 14.4. The molecule has 2 heterocycles. The number of hydrogen-bond acceptors (Lipinski definition) is 4. The van der Waals surface area contributed by atoms with Crippen molar-refractivity contribution in [1.29, 1.82) is 0 Å². The molecule has 4 rings (SSSR count). The van der Waals surface area contributed by atoms with Crippen LogP contribution in [0.1, 0.15) is 19.3 Å². The molecular formula is C23H28F2N2O2. The van der Waals surface area contributed by atoms with E-state index in [1.165, 1.54) is 24.3 Å². The maximum Gasteiger partial charge on any atom is 0.125 e. The minimum absolute atomic E-state index is 0.000974. The topological polar surface area (TPSA) is 44.7 Å². The van der Waals surface area contributed by atoms with Crippen LogP contribution in [0, 0.1) is 23.5 Å². The van der Waals surface area contributed by atoms with Gasteiger partial charge >= 0.3 is 0 Å². The summed E-state index contributed by atoms with van der Waals surface area (Å²) in [6, 6.07) is 13.0. The average molecular weight is 402 g/mol. The highest BCUT2D eigenvalue weighted by molar-refractivity contribution is 5.48. The minimum Gasteiger partial charge on any atom is -0.393 e. The van der Waals surface area contributed by atoms with Crippen LogP contribution in [0.2, 0.25) is 0 Å². The summed E-state index contributed by atoms with van der Waals surface area (Å²) in [7, 11) is 0. The second-order valence-corrected chi connectivity index (χ2v) is 8.07. The van der Waals surface area contributed by atoms with Gasteiger partial charge in [-0.05, 0) is 67.6 Å². The predicted molar refractivity (Wildman–Crippen MR) is 110 cm³/mol. The average Bonchev–Trinajstić information content (AvgIpc) is 2.74. The summed E-state index contributed by atoms with van der Waals surface area (Å²) < 4.78 is 32.6. The molecule has 0 radical (unpaired) electrons. The van der Waals surface area contributed by atoms with Gasteiger partial charge in [-0.2, -0.15) is 0 Å². The van der Waals surface area contributed by atoms with Crippen LogP contribution in [0.25, 0.3) is 0 Å². The Hall–Kier alpha value is -2.18. The first kappa shape index (κ1) is 20.1. The second-order valence-electron chi connectivity index (χ2n) is 8.07. The molecule has 2 aromatic carbocycles. The monoisotopic (exact) mass is 402 g/mol. The summed E-state index contributed by atoms with van der Waals surface area (Å²) in [5.41, 5.74) is 1.69. The van der Waals surface area contributed by atoms with Gasteiger partial charge in [0.15, 0.2) is 0 Å². The lowest BCUT2D eigenvalue weighted by Gasteiger charge is -2.45. The van der Waals surface area contributed by atoms with Gasteiger partial charge in [-0.3, -0.25) is 0 Å². The lowest BCUT2D eigenvalue weighted by molar-refractivity contribution is 0.0252. The number of halogens is 2. The van der Waals surface area contributed by atoms with Crippen LogP contribution in [0.3, 0.4) is 0 Å². The molecule has 0 bridgehead atoms. The van der Waals surface area contributed by atoms with Crippen LogP contribution in [0.15, 0.2) is 48.5 Å². The summed E-state index contributed by atoms with van der Waals surface area (Å²) >= 11 is 0. The molecule has 0 saturated carbocycles. The molecule has 2 N–H and O–H groups in total. The van der Waals surface area contributed by atoms with Gasteiger partial charge in [0.25, 0.3) is 0 Å². The van der Waals surface area contributed by atoms with Crippen molar-refractivity contribution in [3.05, 3.63) is 60.2 Å². The first-order valence-electron chi connectivity index (χ1n) is 10.4. The lowest BCUT2D eigenvalue weighted by atomic mass is 9.78. The maximum atomic E-state index is 13.7. The smallest absolute Gasteiger partial charge is 0.125 e. The van der Waals surface area contributed by atoms with Crippen molar-refractivity contribution < 1.29 is 18.6 Å². The van der Waals surface area contributed by atoms with E-state index in [4.69, 9.17) is 4.74 Å². The third-order valence-electron chi connectivity index (χ3n) is 6.21. The highest BCUT2D eigenvalue weighted by atomic mass is 19.1. The second kappa shape index (κ2) is 9.09. The standard InChI is InChI=1S/C23H28F2N2O2/c24-17-4-6-20(7-5-17)27-11-8-22(28)21(15-27)23(16-9-12-29-13-10-16)26-19-3-1-2-18(25)14-19/h1-7,14,16,21-23,26,28H,8-13,15H2/t21-,22-,23-/m1/s1. The number of hydrogen-bond donors (Lipinski definition) is 2. The van der Waals surface area contributed by atoms with E-state index in [0.29, 0.717) is 32.1 Å². The molecule has 0 amide bonds. The molecule has 2 aliphatic rings. The molecule has 0 aliphatic carbocycles. The molecule has 29 heavy (non-hydrogen) atoms. The highest BCUT2D eigenvalue weighted by Gasteiger charge is 2.38. The van der Waals surface area contributed by atoms with E-state index >= 15 is 0 Å². The normalized spacial score (nSPS) is 24.3. The third kappa shape index (κ3) is 4.87. The summed E-state index contributed by atoms with van der Waals surface area (Å²) in [4.78, 5) is 2.20. The van der Waals surface area contributed by atoms with E-state index in [9.17, 15) is 13.9 Å². The molecule has 2 aromatic rings. The molecule has 2 saturated heterocycles. The Kier molecular flexibility index (Phi) is 6.31. The Labute approximate surface area is 170 Å². The van der Waals surface area contributed by atoms with E-state index in [1.807, 2.05) is 6.07 Å². The molecule has 0 spiro atoms. The molecular weight excluding hydrogens is 374 g/mol. The number of nitrogens with one attached hydrogen (secondary N) is 1. The fourth-order valence-corrected chi connectivity index (χ4v) is 4.63. The van der Waals surface area contributed by atoms with Crippen molar-refractivity contribution in [2.45, 2.75) is 31.4 Å². The fourth-order valence-electron chi connectivity index (χ4n) is 4.63. The molecule has 156 valence electrons. The van der Waals surface area contributed by atoms with Crippen LogP contribution >= 0.6 is 0 Å². The van der Waals surface area contributed by atoms with Crippen LogP contribution < -0.4 is 10.2 Å². The molecule has 0 aromatic heterocycles. The first-order valence-corrected chi connectivity index (χ1v) is 10.4. The van der Waals surface area contributed by atoms with E-state index in [1.54, 1.807) is 18.2 Å². The van der Waals surface area contributed by atoms with Crippen molar-refractivity contribution in [2.24, 2.45) is 11.8 Å².